The van der Waals surface area contributed by atoms with E-state index in [0.29, 0.717) is 13.2 Å². The number of benzene rings is 9. The second-order valence-electron chi connectivity index (χ2n) is 29.2. The van der Waals surface area contributed by atoms with Gasteiger partial charge in [0.25, 0.3) is 0 Å². The summed E-state index contributed by atoms with van der Waals surface area (Å²) in [5.41, 5.74) is 32.2. The van der Waals surface area contributed by atoms with Crippen molar-refractivity contribution in [2.75, 3.05) is 20.3 Å². The molecule has 1 aliphatic rings. The molecule has 1 heterocycles. The Balaban J connectivity index is 0.772. The molecular weight excluding hydrogens is 1260 g/mol. The zero-order valence-corrected chi connectivity index (χ0v) is 64.4. The molecule has 536 valence electrons. The van der Waals surface area contributed by atoms with Crippen LogP contribution in [0.2, 0.25) is 0 Å². The summed E-state index contributed by atoms with van der Waals surface area (Å²) in [4.78, 5) is 0. The van der Waals surface area contributed by atoms with E-state index < -0.39 is 0 Å². The maximum Gasteiger partial charge on any atom is 0.184 e. The van der Waals surface area contributed by atoms with Gasteiger partial charge in [0.2, 0.25) is 0 Å². The summed E-state index contributed by atoms with van der Waals surface area (Å²) in [6.07, 6.45) is 53.2. The zero-order valence-electron chi connectivity index (χ0n) is 64.4. The molecule has 0 unspecified atom stereocenters. The van der Waals surface area contributed by atoms with E-state index in [0.717, 1.165) is 114 Å². The molecule has 0 spiro atoms. The van der Waals surface area contributed by atoms with E-state index in [1.807, 2.05) is 12.1 Å². The Morgan fingerprint density at radius 3 is 0.663 bits per heavy atom. The number of aryl methyl sites for hydroxylation is 8. The predicted molar refractivity (Wildman–Crippen MR) is 456 cm³/mol. The fourth-order valence-corrected chi connectivity index (χ4v) is 14.1. The standard InChI is InChI=1S/C101H114O3/c1-12-20-83-65-91(84(21-13-2)64-90(83)55-46-75-31-28-74(29-32-75)30-45-82-53-62-98(102-11)63-54-82)56-47-76-33-35-77(36-34-76)48-57-92-66-86(23-15-4)93(67-85(92)22-14-3)58-49-78-37-39-79(40-38-78)50-59-94-68-88(25-17-6)95(69-87(94)24-16-5)60-51-80-41-43-81(44-42-80)52-61-96-70-97(27-19-8)99(71-89(96)26-18-7)100-103-72-101(9,10)73-104-100/h28-71,100H,12-27,72-73H2,1-11H3/b45-30+,55-46+,56-47+,57-48+,58-49+,59-50+,60-51+,61-52+. The monoisotopic (exact) mass is 1370 g/mol. The SMILES string of the molecule is CCCc1cc(/C=C/c2ccc(/C=C/c3cc(CCC)c(/C=C/c4ccc(/C=C/c5cc(CCC)c(/C=C/c6ccc(/C=C/c7cc(CCC)c(C8OCC(C)(C)CO8)cc7CCC)cc6)cc5CCC)cc4)cc3CCC)cc2)c(CCC)cc1/C=C/c1ccc(/C=C/c2ccc(OC)cc2)cc1. The highest BCUT2D eigenvalue weighted by molar-refractivity contribution is 5.82. The maximum absolute atomic E-state index is 6.31. The lowest BCUT2D eigenvalue weighted by atomic mass is 9.91. The predicted octanol–water partition coefficient (Wildman–Crippen LogP) is 27.8. The first kappa shape index (κ1) is 77.2. The third kappa shape index (κ3) is 22.3. The van der Waals surface area contributed by atoms with E-state index in [2.05, 4.69) is 324 Å². The first-order valence-corrected chi connectivity index (χ1v) is 39.2. The summed E-state index contributed by atoms with van der Waals surface area (Å²) >= 11 is 0. The van der Waals surface area contributed by atoms with Gasteiger partial charge in [-0.1, -0.05) is 369 Å². The van der Waals surface area contributed by atoms with Crippen LogP contribution in [0.1, 0.15) is 266 Å². The Kier molecular flexibility index (Phi) is 29.3. The van der Waals surface area contributed by atoms with E-state index in [1.165, 1.54) is 134 Å². The molecule has 9 aromatic rings. The smallest absolute Gasteiger partial charge is 0.184 e. The minimum absolute atomic E-state index is 0.0390. The second kappa shape index (κ2) is 39.5. The van der Waals surface area contributed by atoms with Crippen molar-refractivity contribution in [3.8, 4) is 5.75 Å². The van der Waals surface area contributed by atoms with Crippen LogP contribution in [-0.4, -0.2) is 20.3 Å². The van der Waals surface area contributed by atoms with Gasteiger partial charge in [-0.25, -0.2) is 0 Å². The van der Waals surface area contributed by atoms with Crippen LogP contribution >= 0.6 is 0 Å². The third-order valence-electron chi connectivity index (χ3n) is 19.8. The summed E-state index contributed by atoms with van der Waals surface area (Å²) in [5, 5.41) is 0. The molecule has 9 aromatic carbocycles. The molecule has 0 bridgehead atoms. The van der Waals surface area contributed by atoms with Crippen LogP contribution in [0.3, 0.4) is 0 Å². The molecule has 0 aliphatic carbocycles. The van der Waals surface area contributed by atoms with Crippen LogP contribution in [0.15, 0.2) is 170 Å². The highest BCUT2D eigenvalue weighted by atomic mass is 16.7. The molecule has 10 rings (SSSR count). The average molecular weight is 1380 g/mol. The van der Waals surface area contributed by atoms with E-state index >= 15 is 0 Å². The molecule has 1 fully saturated rings. The molecule has 0 amide bonds. The number of ether oxygens (including phenoxy) is 3. The molecular formula is C101H114O3. The van der Waals surface area contributed by atoms with Gasteiger partial charge in [-0.05, 0) is 203 Å². The van der Waals surface area contributed by atoms with Crippen molar-refractivity contribution in [1.29, 1.82) is 0 Å². The summed E-state index contributed by atoms with van der Waals surface area (Å²) in [5.74, 6) is 0.868. The van der Waals surface area contributed by atoms with Crippen molar-refractivity contribution >= 4 is 97.2 Å². The quantitative estimate of drug-likeness (QED) is 0.0376. The summed E-state index contributed by atoms with van der Waals surface area (Å²) in [7, 11) is 1.70. The molecule has 0 aromatic heterocycles. The van der Waals surface area contributed by atoms with Gasteiger partial charge in [0.1, 0.15) is 5.75 Å². The number of hydrogen-bond donors (Lipinski definition) is 0. The second-order valence-corrected chi connectivity index (χ2v) is 29.2. The molecule has 0 saturated carbocycles. The van der Waals surface area contributed by atoms with Crippen LogP contribution in [0.5, 0.6) is 5.75 Å². The fraction of sp³-hybridized carbons (Fsp3) is 0.307. The van der Waals surface area contributed by atoms with Crippen molar-refractivity contribution in [2.24, 2.45) is 5.41 Å². The van der Waals surface area contributed by atoms with Gasteiger partial charge in [-0.15, -0.1) is 0 Å². The van der Waals surface area contributed by atoms with Crippen LogP contribution in [0.4, 0.5) is 0 Å². The molecule has 0 radical (unpaired) electrons. The van der Waals surface area contributed by atoms with Crippen LogP contribution in [0, 0.1) is 5.41 Å². The van der Waals surface area contributed by atoms with E-state index in [-0.39, 0.29) is 11.7 Å². The first-order chi connectivity index (χ1) is 50.8. The van der Waals surface area contributed by atoms with E-state index in [4.69, 9.17) is 14.2 Å². The highest BCUT2D eigenvalue weighted by Crippen LogP contribution is 2.36. The van der Waals surface area contributed by atoms with Crippen molar-refractivity contribution in [1.82, 2.24) is 0 Å². The van der Waals surface area contributed by atoms with Gasteiger partial charge in [0, 0.05) is 11.0 Å². The molecule has 104 heavy (non-hydrogen) atoms. The van der Waals surface area contributed by atoms with Crippen LogP contribution in [-0.2, 0) is 60.8 Å². The lowest BCUT2D eigenvalue weighted by Gasteiger charge is -2.35. The Bertz CT molecular complexity index is 4470. The topological polar surface area (TPSA) is 27.7 Å². The summed E-state index contributed by atoms with van der Waals surface area (Å²) in [6.45, 7) is 24.0. The van der Waals surface area contributed by atoms with Crippen molar-refractivity contribution in [3.63, 3.8) is 0 Å². The first-order valence-electron chi connectivity index (χ1n) is 39.2. The fourth-order valence-electron chi connectivity index (χ4n) is 14.1. The molecule has 3 nitrogen and oxygen atoms in total. The molecule has 0 atom stereocenters. The largest absolute Gasteiger partial charge is 0.497 e. The molecule has 3 heteroatoms. The van der Waals surface area contributed by atoms with Crippen LogP contribution < -0.4 is 4.74 Å². The van der Waals surface area contributed by atoms with E-state index in [9.17, 15) is 0 Å². The lowest BCUT2D eigenvalue weighted by molar-refractivity contribution is -0.226. The van der Waals surface area contributed by atoms with Gasteiger partial charge >= 0.3 is 0 Å². The van der Waals surface area contributed by atoms with Crippen LogP contribution in [0.25, 0.3) is 97.2 Å². The lowest BCUT2D eigenvalue weighted by Crippen LogP contribution is -2.34. The minimum atomic E-state index is -0.294. The normalized spacial score (nSPS) is 13.7. The maximum atomic E-state index is 6.31. The average Bonchev–Trinajstić information content (AvgIpc) is 0.804. The minimum Gasteiger partial charge on any atom is -0.497 e. The van der Waals surface area contributed by atoms with Gasteiger partial charge in [0.15, 0.2) is 6.29 Å². The van der Waals surface area contributed by atoms with Gasteiger partial charge in [-0.2, -0.15) is 0 Å². The summed E-state index contributed by atoms with van der Waals surface area (Å²) < 4.78 is 17.9. The Hall–Kier alpha value is -9.38. The molecule has 1 saturated heterocycles. The third-order valence-corrected chi connectivity index (χ3v) is 19.8. The van der Waals surface area contributed by atoms with Crippen molar-refractivity contribution in [2.45, 2.75) is 178 Å². The Morgan fingerprint density at radius 1 is 0.269 bits per heavy atom. The highest BCUT2D eigenvalue weighted by Gasteiger charge is 2.31. The molecule has 0 N–H and O–H groups in total. The zero-order chi connectivity index (χ0) is 73.1. The van der Waals surface area contributed by atoms with Crippen molar-refractivity contribution in [3.05, 3.63) is 309 Å². The Morgan fingerprint density at radius 2 is 0.452 bits per heavy atom. The Labute approximate surface area is 626 Å². The van der Waals surface area contributed by atoms with Gasteiger partial charge in [-0.3, -0.25) is 0 Å². The summed E-state index contributed by atoms with van der Waals surface area (Å²) in [6, 6.07) is 63.4. The number of rotatable bonds is 34. The number of methoxy groups -OCH3 is 1. The van der Waals surface area contributed by atoms with Gasteiger partial charge in [0.05, 0.1) is 20.3 Å². The molecule has 1 aliphatic heterocycles. The number of hydrogen-bond acceptors (Lipinski definition) is 3. The van der Waals surface area contributed by atoms with E-state index in [1.54, 1.807) is 7.11 Å². The van der Waals surface area contributed by atoms with Crippen molar-refractivity contribution < 1.29 is 14.2 Å². The van der Waals surface area contributed by atoms with Gasteiger partial charge < -0.3 is 14.2 Å².